The molecule has 1 saturated heterocycles. The second-order valence-corrected chi connectivity index (χ2v) is 5.75. The number of fused-ring (bicyclic) bond motifs is 1. The monoisotopic (exact) mass is 258 g/mol. The van der Waals surface area contributed by atoms with Gasteiger partial charge in [-0.1, -0.05) is 24.3 Å². The van der Waals surface area contributed by atoms with Crippen molar-refractivity contribution in [3.05, 3.63) is 35.4 Å². The Morgan fingerprint density at radius 3 is 3.05 bits per heavy atom. The highest BCUT2D eigenvalue weighted by atomic mass is 16.2. The molecule has 3 nitrogen and oxygen atoms in total. The molecule has 1 aliphatic heterocycles. The minimum absolute atomic E-state index is 0.299. The van der Waals surface area contributed by atoms with Crippen molar-refractivity contribution in [1.82, 2.24) is 10.2 Å². The lowest BCUT2D eigenvalue weighted by molar-refractivity contribution is -0.134. The van der Waals surface area contributed by atoms with Crippen LogP contribution >= 0.6 is 0 Å². The number of benzene rings is 1. The standard InChI is InChI=1S/C16H22N2O/c1-12-5-2-3-6-13(12)11-16(19)18-10-9-17-14-7-4-8-15(14)18/h2-3,5-6,14-15,17H,4,7-11H2,1H3. The highest BCUT2D eigenvalue weighted by molar-refractivity contribution is 5.79. The number of aryl methyl sites for hydroxylation is 1. The van der Waals surface area contributed by atoms with Gasteiger partial charge >= 0.3 is 0 Å². The van der Waals surface area contributed by atoms with Gasteiger partial charge < -0.3 is 10.2 Å². The molecule has 1 amide bonds. The van der Waals surface area contributed by atoms with Crippen molar-refractivity contribution >= 4 is 5.91 Å². The molecule has 1 aliphatic carbocycles. The van der Waals surface area contributed by atoms with Crippen LogP contribution in [0.2, 0.25) is 0 Å². The summed E-state index contributed by atoms with van der Waals surface area (Å²) in [5.74, 6) is 0.299. The van der Waals surface area contributed by atoms with E-state index >= 15 is 0 Å². The summed E-state index contributed by atoms with van der Waals surface area (Å²) in [6.45, 7) is 3.89. The first kappa shape index (κ1) is 12.7. The van der Waals surface area contributed by atoms with Gasteiger partial charge in [-0.15, -0.1) is 0 Å². The fourth-order valence-electron chi connectivity index (χ4n) is 3.47. The molecule has 0 bridgehead atoms. The average Bonchev–Trinajstić information content (AvgIpc) is 2.89. The largest absolute Gasteiger partial charge is 0.337 e. The van der Waals surface area contributed by atoms with E-state index in [0.717, 1.165) is 19.5 Å². The lowest BCUT2D eigenvalue weighted by atomic mass is 10.0. The van der Waals surface area contributed by atoms with E-state index in [1.807, 2.05) is 12.1 Å². The summed E-state index contributed by atoms with van der Waals surface area (Å²) < 4.78 is 0. The van der Waals surface area contributed by atoms with Gasteiger partial charge in [0, 0.05) is 25.2 Å². The summed E-state index contributed by atoms with van der Waals surface area (Å²) in [5.41, 5.74) is 2.38. The Kier molecular flexibility index (Phi) is 3.56. The van der Waals surface area contributed by atoms with Crippen LogP contribution in [0.3, 0.4) is 0 Å². The minimum atomic E-state index is 0.299. The fraction of sp³-hybridized carbons (Fsp3) is 0.562. The van der Waals surface area contributed by atoms with E-state index in [4.69, 9.17) is 0 Å². The summed E-state index contributed by atoms with van der Waals surface area (Å²) in [5, 5.41) is 3.55. The average molecular weight is 258 g/mol. The van der Waals surface area contributed by atoms with Gasteiger partial charge in [0.1, 0.15) is 0 Å². The molecule has 2 fully saturated rings. The number of carbonyl (C=O) groups is 1. The third kappa shape index (κ3) is 2.52. The first-order chi connectivity index (χ1) is 9.25. The first-order valence-electron chi connectivity index (χ1n) is 7.33. The van der Waals surface area contributed by atoms with Crippen LogP contribution in [-0.4, -0.2) is 36.0 Å². The number of rotatable bonds is 2. The highest BCUT2D eigenvalue weighted by Gasteiger charge is 2.36. The summed E-state index contributed by atoms with van der Waals surface area (Å²) in [6, 6.07) is 9.17. The van der Waals surface area contributed by atoms with Gasteiger partial charge in [-0.05, 0) is 37.3 Å². The van der Waals surface area contributed by atoms with Crippen LogP contribution in [0.5, 0.6) is 0 Å². The van der Waals surface area contributed by atoms with Gasteiger partial charge in [0.2, 0.25) is 5.91 Å². The zero-order chi connectivity index (χ0) is 13.2. The van der Waals surface area contributed by atoms with E-state index in [1.165, 1.54) is 24.0 Å². The van der Waals surface area contributed by atoms with Crippen molar-refractivity contribution in [3.8, 4) is 0 Å². The predicted octanol–water partition coefficient (Wildman–Crippen LogP) is 1.89. The summed E-state index contributed by atoms with van der Waals surface area (Å²) in [7, 11) is 0. The molecule has 1 N–H and O–H groups in total. The minimum Gasteiger partial charge on any atom is -0.337 e. The van der Waals surface area contributed by atoms with Gasteiger partial charge in [-0.2, -0.15) is 0 Å². The molecule has 0 spiro atoms. The Bertz CT molecular complexity index is 472. The molecule has 1 aromatic rings. The fourth-order valence-corrected chi connectivity index (χ4v) is 3.47. The van der Waals surface area contributed by atoms with E-state index in [-0.39, 0.29) is 0 Å². The van der Waals surface area contributed by atoms with Crippen LogP contribution < -0.4 is 5.32 Å². The number of hydrogen-bond donors (Lipinski definition) is 1. The normalized spacial score (nSPS) is 26.3. The van der Waals surface area contributed by atoms with Crippen LogP contribution in [0, 0.1) is 6.92 Å². The number of nitrogens with zero attached hydrogens (tertiary/aromatic N) is 1. The van der Waals surface area contributed by atoms with Crippen LogP contribution in [0.25, 0.3) is 0 Å². The van der Waals surface area contributed by atoms with Crippen molar-refractivity contribution in [1.29, 1.82) is 0 Å². The van der Waals surface area contributed by atoms with E-state index in [1.54, 1.807) is 0 Å². The number of carbonyl (C=O) groups excluding carboxylic acids is 1. The smallest absolute Gasteiger partial charge is 0.227 e. The van der Waals surface area contributed by atoms with E-state index in [9.17, 15) is 4.79 Å². The van der Waals surface area contributed by atoms with Gasteiger partial charge in [0.15, 0.2) is 0 Å². The lowest BCUT2D eigenvalue weighted by Crippen LogP contribution is -2.57. The molecule has 2 atom stereocenters. The Balaban J connectivity index is 1.71. The van der Waals surface area contributed by atoms with Crippen LogP contribution in [-0.2, 0) is 11.2 Å². The molecule has 102 valence electrons. The molecule has 0 aromatic heterocycles. The third-order valence-electron chi connectivity index (χ3n) is 4.56. The topological polar surface area (TPSA) is 32.3 Å². The maximum absolute atomic E-state index is 12.6. The molecule has 19 heavy (non-hydrogen) atoms. The van der Waals surface area contributed by atoms with Crippen LogP contribution in [0.4, 0.5) is 0 Å². The molecule has 0 radical (unpaired) electrons. The van der Waals surface area contributed by atoms with Crippen molar-refractivity contribution in [3.63, 3.8) is 0 Å². The molecule has 1 heterocycles. The Morgan fingerprint density at radius 2 is 2.21 bits per heavy atom. The Morgan fingerprint density at radius 1 is 1.37 bits per heavy atom. The highest BCUT2D eigenvalue weighted by Crippen LogP contribution is 2.27. The first-order valence-corrected chi connectivity index (χ1v) is 7.33. The van der Waals surface area contributed by atoms with Crippen molar-refractivity contribution in [2.45, 2.75) is 44.7 Å². The zero-order valence-corrected chi connectivity index (χ0v) is 11.6. The van der Waals surface area contributed by atoms with Gasteiger partial charge in [-0.3, -0.25) is 4.79 Å². The number of amides is 1. The molecule has 2 aliphatic rings. The van der Waals surface area contributed by atoms with E-state index in [2.05, 4.69) is 29.3 Å². The molecular formula is C16H22N2O. The van der Waals surface area contributed by atoms with Gasteiger partial charge in [0.25, 0.3) is 0 Å². The van der Waals surface area contributed by atoms with E-state index < -0.39 is 0 Å². The number of nitrogens with one attached hydrogen (secondary N) is 1. The number of piperazine rings is 1. The second-order valence-electron chi connectivity index (χ2n) is 5.75. The van der Waals surface area contributed by atoms with Gasteiger partial charge in [0.05, 0.1) is 6.42 Å². The van der Waals surface area contributed by atoms with E-state index in [0.29, 0.717) is 24.4 Å². The molecule has 2 unspecified atom stereocenters. The van der Waals surface area contributed by atoms with Crippen molar-refractivity contribution < 1.29 is 4.79 Å². The summed E-state index contributed by atoms with van der Waals surface area (Å²) in [6.07, 6.45) is 4.18. The maximum atomic E-state index is 12.6. The third-order valence-corrected chi connectivity index (χ3v) is 4.56. The number of hydrogen-bond acceptors (Lipinski definition) is 2. The maximum Gasteiger partial charge on any atom is 0.227 e. The second kappa shape index (κ2) is 5.33. The SMILES string of the molecule is Cc1ccccc1CC(=O)N1CCNC2CCCC21. The molecule has 3 rings (SSSR count). The molecule has 1 saturated carbocycles. The Hall–Kier alpha value is -1.35. The van der Waals surface area contributed by atoms with Gasteiger partial charge in [-0.25, -0.2) is 0 Å². The zero-order valence-electron chi connectivity index (χ0n) is 11.6. The lowest BCUT2D eigenvalue weighted by Gasteiger charge is -2.38. The molecule has 3 heteroatoms. The molecule has 1 aromatic carbocycles. The van der Waals surface area contributed by atoms with Crippen LogP contribution in [0.15, 0.2) is 24.3 Å². The van der Waals surface area contributed by atoms with Crippen LogP contribution in [0.1, 0.15) is 30.4 Å². The quantitative estimate of drug-likeness (QED) is 0.878. The summed E-state index contributed by atoms with van der Waals surface area (Å²) in [4.78, 5) is 14.7. The Labute approximate surface area is 115 Å². The van der Waals surface area contributed by atoms with Crippen molar-refractivity contribution in [2.75, 3.05) is 13.1 Å². The predicted molar refractivity (Wildman–Crippen MR) is 76.0 cm³/mol. The molecular weight excluding hydrogens is 236 g/mol. The summed E-state index contributed by atoms with van der Waals surface area (Å²) >= 11 is 0. The van der Waals surface area contributed by atoms with Crippen molar-refractivity contribution in [2.24, 2.45) is 0 Å².